The number of hydrogen-bond donors (Lipinski definition) is 0. The summed E-state index contributed by atoms with van der Waals surface area (Å²) in [5.41, 5.74) is 5.81. The molecular weight excluding hydrogens is 518 g/mol. The highest BCUT2D eigenvalue weighted by Crippen LogP contribution is 2.39. The molecule has 3 aliphatic rings. The lowest BCUT2D eigenvalue weighted by Gasteiger charge is -2.31. The molecule has 0 radical (unpaired) electrons. The Balaban J connectivity index is 1.48. The summed E-state index contributed by atoms with van der Waals surface area (Å²) in [6.45, 7) is 6.41. The summed E-state index contributed by atoms with van der Waals surface area (Å²) in [7, 11) is 0. The van der Waals surface area contributed by atoms with Crippen LogP contribution in [0.5, 0.6) is 0 Å². The Morgan fingerprint density at radius 3 is 2.34 bits per heavy atom. The van der Waals surface area contributed by atoms with Crippen molar-refractivity contribution in [2.24, 2.45) is 4.99 Å². The van der Waals surface area contributed by atoms with Crippen molar-refractivity contribution in [3.8, 4) is 5.69 Å². The number of carbonyl (C=O) groups excluding carboxylic acids is 1. The van der Waals surface area contributed by atoms with Crippen molar-refractivity contribution in [3.63, 3.8) is 0 Å². The first kappa shape index (κ1) is 24.9. The normalized spacial score (nSPS) is 22.6. The maximum atomic E-state index is 13.8. The molecular formula is C29H36BrN3OS. The number of nitrogens with zero attached hydrogens (tertiary/aromatic N) is 3. The van der Waals surface area contributed by atoms with Crippen LogP contribution in [0.2, 0.25) is 0 Å². The first-order valence-corrected chi connectivity index (χ1v) is 14.8. The second-order valence-electron chi connectivity index (χ2n) is 10.4. The maximum Gasteiger partial charge on any atom is 0.267 e. The van der Waals surface area contributed by atoms with E-state index >= 15 is 0 Å². The molecule has 1 aromatic carbocycles. The molecule has 0 bridgehead atoms. The number of rotatable bonds is 4. The van der Waals surface area contributed by atoms with Gasteiger partial charge in [-0.1, -0.05) is 54.5 Å². The van der Waals surface area contributed by atoms with Gasteiger partial charge in [0.1, 0.15) is 0 Å². The molecule has 1 aromatic heterocycles. The average molecular weight is 555 g/mol. The molecule has 0 spiro atoms. The highest BCUT2D eigenvalue weighted by molar-refractivity contribution is 9.10. The van der Waals surface area contributed by atoms with E-state index in [9.17, 15) is 4.79 Å². The standard InChI is InChI=1S/C29H36BrN3OS/c1-19-16-25(14-15-26(19)30)32-20(2)17-22(21(32)3)18-27-28(34)33(24-12-8-5-9-13-24)29(35-27)31-23-10-6-4-7-11-23/h14-18,23-24H,4-13H2,1-3H3. The Kier molecular flexibility index (Phi) is 7.59. The van der Waals surface area contributed by atoms with E-state index in [-0.39, 0.29) is 5.91 Å². The third-order valence-corrected chi connectivity index (χ3v) is 9.69. The first-order chi connectivity index (χ1) is 16.9. The number of amidine groups is 1. The zero-order valence-corrected chi connectivity index (χ0v) is 23.6. The molecule has 2 aromatic rings. The van der Waals surface area contributed by atoms with E-state index in [1.165, 1.54) is 49.8 Å². The smallest absolute Gasteiger partial charge is 0.267 e. The van der Waals surface area contributed by atoms with Crippen LogP contribution in [0.15, 0.2) is 38.6 Å². The summed E-state index contributed by atoms with van der Waals surface area (Å²) in [6, 6.07) is 9.33. The second-order valence-corrected chi connectivity index (χ2v) is 12.2. The van der Waals surface area contributed by atoms with Crippen LogP contribution in [0.3, 0.4) is 0 Å². The molecule has 35 heavy (non-hydrogen) atoms. The van der Waals surface area contributed by atoms with Crippen LogP contribution in [0.25, 0.3) is 11.8 Å². The minimum absolute atomic E-state index is 0.153. The molecule has 6 heteroatoms. The molecule has 186 valence electrons. The van der Waals surface area contributed by atoms with Gasteiger partial charge in [0.15, 0.2) is 5.17 Å². The number of halogens is 1. The van der Waals surface area contributed by atoms with Crippen LogP contribution >= 0.6 is 27.7 Å². The number of benzene rings is 1. The van der Waals surface area contributed by atoms with E-state index in [1.807, 2.05) is 0 Å². The Bertz CT molecular complexity index is 1170. The van der Waals surface area contributed by atoms with Crippen molar-refractivity contribution >= 4 is 44.8 Å². The van der Waals surface area contributed by atoms with Gasteiger partial charge in [0.25, 0.3) is 5.91 Å². The lowest BCUT2D eigenvalue weighted by atomic mass is 9.94. The third kappa shape index (κ3) is 5.20. The van der Waals surface area contributed by atoms with Gasteiger partial charge in [0.05, 0.1) is 10.9 Å². The van der Waals surface area contributed by atoms with E-state index in [0.29, 0.717) is 12.1 Å². The number of aliphatic imine (C=N–C) groups is 1. The summed E-state index contributed by atoms with van der Waals surface area (Å²) < 4.78 is 3.40. The van der Waals surface area contributed by atoms with E-state index < -0.39 is 0 Å². The third-order valence-electron chi connectivity index (χ3n) is 7.80. The lowest BCUT2D eigenvalue weighted by molar-refractivity contribution is -0.124. The van der Waals surface area contributed by atoms with Gasteiger partial charge in [0, 0.05) is 27.6 Å². The summed E-state index contributed by atoms with van der Waals surface area (Å²) in [6.07, 6.45) is 14.2. The van der Waals surface area contributed by atoms with Crippen LogP contribution in [0, 0.1) is 20.8 Å². The molecule has 1 aliphatic heterocycles. The summed E-state index contributed by atoms with van der Waals surface area (Å²) in [4.78, 5) is 21.8. The molecule has 2 heterocycles. The monoisotopic (exact) mass is 553 g/mol. The predicted molar refractivity (Wildman–Crippen MR) is 151 cm³/mol. The van der Waals surface area contributed by atoms with Gasteiger partial charge in [-0.05, 0) is 99.7 Å². The maximum absolute atomic E-state index is 13.8. The number of thioether (sulfide) groups is 1. The van der Waals surface area contributed by atoms with Crippen LogP contribution < -0.4 is 0 Å². The summed E-state index contributed by atoms with van der Waals surface area (Å²) in [5, 5.41) is 0.956. The van der Waals surface area contributed by atoms with E-state index in [2.05, 4.69) is 76.5 Å². The molecule has 0 N–H and O–H groups in total. The van der Waals surface area contributed by atoms with Gasteiger partial charge in [-0.2, -0.15) is 0 Å². The van der Waals surface area contributed by atoms with E-state index in [1.54, 1.807) is 11.8 Å². The molecule has 1 saturated heterocycles. The number of hydrogen-bond acceptors (Lipinski definition) is 3. The van der Waals surface area contributed by atoms with Crippen LogP contribution in [-0.4, -0.2) is 32.6 Å². The quantitative estimate of drug-likeness (QED) is 0.358. The topological polar surface area (TPSA) is 37.6 Å². The Morgan fingerprint density at radius 2 is 1.66 bits per heavy atom. The number of aromatic nitrogens is 1. The molecule has 2 aliphatic carbocycles. The molecule has 3 fully saturated rings. The molecule has 5 rings (SSSR count). The molecule has 4 nitrogen and oxygen atoms in total. The molecule has 1 amide bonds. The summed E-state index contributed by atoms with van der Waals surface area (Å²) in [5.74, 6) is 0.153. The number of amides is 1. The zero-order valence-electron chi connectivity index (χ0n) is 21.1. The van der Waals surface area contributed by atoms with Gasteiger partial charge in [0.2, 0.25) is 0 Å². The summed E-state index contributed by atoms with van der Waals surface area (Å²) >= 11 is 5.22. The minimum atomic E-state index is 0.153. The lowest BCUT2D eigenvalue weighted by Crippen LogP contribution is -2.41. The number of carbonyl (C=O) groups is 1. The first-order valence-electron chi connectivity index (χ1n) is 13.2. The van der Waals surface area contributed by atoms with Crippen molar-refractivity contribution in [1.29, 1.82) is 0 Å². The molecule has 2 saturated carbocycles. The Labute approximate surface area is 222 Å². The zero-order chi connectivity index (χ0) is 24.5. The van der Waals surface area contributed by atoms with Crippen molar-refractivity contribution in [3.05, 3.63) is 56.2 Å². The predicted octanol–water partition coefficient (Wildman–Crippen LogP) is 8.10. The molecule has 0 unspecified atom stereocenters. The highest BCUT2D eigenvalue weighted by atomic mass is 79.9. The Morgan fingerprint density at radius 1 is 0.971 bits per heavy atom. The van der Waals surface area contributed by atoms with Crippen LogP contribution in [-0.2, 0) is 4.79 Å². The largest absolute Gasteiger partial charge is 0.318 e. The van der Waals surface area contributed by atoms with Gasteiger partial charge in [-0.25, -0.2) is 0 Å². The van der Waals surface area contributed by atoms with Gasteiger partial charge in [-0.15, -0.1) is 0 Å². The fraction of sp³-hybridized carbons (Fsp3) is 0.517. The van der Waals surface area contributed by atoms with Crippen molar-refractivity contribution < 1.29 is 4.79 Å². The van der Waals surface area contributed by atoms with E-state index in [0.717, 1.165) is 57.2 Å². The highest BCUT2D eigenvalue weighted by Gasteiger charge is 2.39. The average Bonchev–Trinajstić information content (AvgIpc) is 3.31. The van der Waals surface area contributed by atoms with Crippen molar-refractivity contribution in [2.75, 3.05) is 0 Å². The van der Waals surface area contributed by atoms with Crippen LogP contribution in [0.4, 0.5) is 0 Å². The Hall–Kier alpha value is -1.79. The fourth-order valence-corrected chi connectivity index (χ4v) is 7.19. The SMILES string of the molecule is Cc1cc(-n2c(C)cc(C=C3SC(=NC4CCCCC4)N(C4CCCCC4)C3=O)c2C)ccc1Br. The second kappa shape index (κ2) is 10.7. The van der Waals surface area contributed by atoms with Gasteiger partial charge >= 0.3 is 0 Å². The van der Waals surface area contributed by atoms with Crippen LogP contribution in [0.1, 0.15) is 86.7 Å². The van der Waals surface area contributed by atoms with Gasteiger partial charge < -0.3 is 4.57 Å². The molecule has 0 atom stereocenters. The van der Waals surface area contributed by atoms with Crippen molar-refractivity contribution in [1.82, 2.24) is 9.47 Å². The fourth-order valence-electron chi connectivity index (χ4n) is 5.84. The van der Waals surface area contributed by atoms with Crippen molar-refractivity contribution in [2.45, 2.75) is 97.1 Å². The number of aryl methyl sites for hydroxylation is 2. The minimum Gasteiger partial charge on any atom is -0.318 e. The van der Waals surface area contributed by atoms with Gasteiger partial charge in [-0.3, -0.25) is 14.7 Å². The van der Waals surface area contributed by atoms with E-state index in [4.69, 9.17) is 4.99 Å².